The van der Waals surface area contributed by atoms with Gasteiger partial charge in [0.1, 0.15) is 0 Å². The van der Waals surface area contributed by atoms with Gasteiger partial charge in [0.25, 0.3) is 0 Å². The summed E-state index contributed by atoms with van der Waals surface area (Å²) in [6.45, 7) is 0. The average molecular weight is 288 g/mol. The van der Waals surface area contributed by atoms with Crippen LogP contribution in [0, 0.1) is 0 Å². The first kappa shape index (κ1) is 12.2. The number of hydrogen-bond donors (Lipinski definition) is 1. The average Bonchev–Trinajstić information content (AvgIpc) is 2.74. The number of hydrogen-bond acceptors (Lipinski definition) is 3. The van der Waals surface area contributed by atoms with Crippen LogP contribution in [-0.4, -0.2) is 5.78 Å². The second kappa shape index (κ2) is 4.68. The maximum absolute atomic E-state index is 12.6. The third kappa shape index (κ3) is 2.01. The van der Waals surface area contributed by atoms with Gasteiger partial charge < -0.3 is 5.73 Å². The van der Waals surface area contributed by atoms with Crippen LogP contribution < -0.4 is 5.73 Å². The highest BCUT2D eigenvalue weighted by Gasteiger charge is 2.20. The summed E-state index contributed by atoms with van der Waals surface area (Å²) in [5.74, 6) is -0.124. The third-order valence-corrected chi connectivity index (χ3v) is 4.30. The highest BCUT2D eigenvalue weighted by Crippen LogP contribution is 2.35. The smallest absolute Gasteiger partial charge is 0.198 e. The van der Waals surface area contributed by atoms with Crippen molar-refractivity contribution in [3.8, 4) is 0 Å². The standard InChI is InChI=1S/C15H10ClNOS/c16-11-7-3-1-5-9(11)14(18)13-10-6-2-4-8-12(10)19-15(13)17/h1-8H,17H2. The van der Waals surface area contributed by atoms with Gasteiger partial charge in [-0.2, -0.15) is 0 Å². The van der Waals surface area contributed by atoms with Gasteiger partial charge in [-0.25, -0.2) is 0 Å². The van der Waals surface area contributed by atoms with Crippen LogP contribution in [0.2, 0.25) is 5.02 Å². The molecule has 1 heterocycles. The van der Waals surface area contributed by atoms with Crippen LogP contribution in [0.3, 0.4) is 0 Å². The summed E-state index contributed by atoms with van der Waals surface area (Å²) in [6, 6.07) is 14.7. The summed E-state index contributed by atoms with van der Waals surface area (Å²) >= 11 is 7.50. The van der Waals surface area contributed by atoms with Gasteiger partial charge in [-0.3, -0.25) is 4.79 Å². The topological polar surface area (TPSA) is 43.1 Å². The molecule has 0 aliphatic carbocycles. The first-order valence-electron chi connectivity index (χ1n) is 5.74. The number of anilines is 1. The highest BCUT2D eigenvalue weighted by atomic mass is 35.5. The quantitative estimate of drug-likeness (QED) is 0.711. The fraction of sp³-hybridized carbons (Fsp3) is 0. The van der Waals surface area contributed by atoms with Crippen LogP contribution in [0.1, 0.15) is 15.9 Å². The van der Waals surface area contributed by atoms with Gasteiger partial charge in [0.15, 0.2) is 5.78 Å². The van der Waals surface area contributed by atoms with Crippen molar-refractivity contribution < 1.29 is 4.79 Å². The van der Waals surface area contributed by atoms with Crippen LogP contribution in [0.25, 0.3) is 10.1 Å². The number of thiophene rings is 1. The van der Waals surface area contributed by atoms with E-state index in [0.29, 0.717) is 21.2 Å². The summed E-state index contributed by atoms with van der Waals surface area (Å²) < 4.78 is 1.01. The van der Waals surface area contributed by atoms with E-state index in [1.807, 2.05) is 24.3 Å². The Balaban J connectivity index is 2.23. The SMILES string of the molecule is Nc1sc2ccccc2c1C(=O)c1ccccc1Cl. The molecule has 0 fully saturated rings. The number of nitrogens with two attached hydrogens (primary N) is 1. The number of carbonyl (C=O) groups excluding carboxylic acids is 1. The Morgan fingerprint density at radius 1 is 1.05 bits per heavy atom. The first-order valence-corrected chi connectivity index (χ1v) is 6.94. The largest absolute Gasteiger partial charge is 0.390 e. The van der Waals surface area contributed by atoms with Crippen molar-refractivity contribution in [2.75, 3.05) is 5.73 Å². The van der Waals surface area contributed by atoms with Crippen molar-refractivity contribution >= 4 is 43.8 Å². The monoisotopic (exact) mass is 287 g/mol. The van der Waals surface area contributed by atoms with Crippen molar-refractivity contribution in [1.29, 1.82) is 0 Å². The molecule has 4 heteroatoms. The first-order chi connectivity index (χ1) is 9.18. The number of rotatable bonds is 2. The molecule has 0 amide bonds. The molecule has 0 atom stereocenters. The van der Waals surface area contributed by atoms with Gasteiger partial charge >= 0.3 is 0 Å². The molecule has 0 unspecified atom stereocenters. The third-order valence-electron chi connectivity index (χ3n) is 2.97. The Kier molecular flexibility index (Phi) is 3.01. The molecule has 0 aliphatic rings. The van der Waals surface area contributed by atoms with E-state index in [-0.39, 0.29) is 5.78 Å². The number of halogens is 1. The Labute approximate surface area is 119 Å². The molecular weight excluding hydrogens is 278 g/mol. The predicted octanol–water partition coefficient (Wildman–Crippen LogP) is 4.37. The maximum atomic E-state index is 12.6. The van der Waals surface area contributed by atoms with E-state index in [0.717, 1.165) is 10.1 Å². The molecule has 0 saturated heterocycles. The van der Waals surface area contributed by atoms with Gasteiger partial charge in [0.2, 0.25) is 0 Å². The van der Waals surface area contributed by atoms with Gasteiger partial charge in [0.05, 0.1) is 15.6 Å². The molecule has 0 spiro atoms. The van der Waals surface area contributed by atoms with E-state index in [1.165, 1.54) is 11.3 Å². The fourth-order valence-electron chi connectivity index (χ4n) is 2.08. The second-order valence-electron chi connectivity index (χ2n) is 4.15. The summed E-state index contributed by atoms with van der Waals surface area (Å²) in [4.78, 5) is 12.6. The minimum atomic E-state index is -0.124. The molecule has 19 heavy (non-hydrogen) atoms. The fourth-order valence-corrected chi connectivity index (χ4v) is 3.27. The summed E-state index contributed by atoms with van der Waals surface area (Å²) in [5.41, 5.74) is 7.03. The van der Waals surface area contributed by atoms with E-state index >= 15 is 0 Å². The molecule has 2 aromatic carbocycles. The number of ketones is 1. The number of nitrogen functional groups attached to an aromatic ring is 1. The van der Waals surface area contributed by atoms with Crippen molar-refractivity contribution in [3.05, 3.63) is 64.7 Å². The lowest BCUT2D eigenvalue weighted by molar-refractivity contribution is 0.104. The molecule has 1 aromatic heterocycles. The van der Waals surface area contributed by atoms with Crippen LogP contribution in [-0.2, 0) is 0 Å². The molecule has 94 valence electrons. The van der Waals surface area contributed by atoms with E-state index in [1.54, 1.807) is 24.3 Å². The normalized spacial score (nSPS) is 10.8. The molecule has 0 radical (unpaired) electrons. The number of carbonyl (C=O) groups is 1. The summed E-state index contributed by atoms with van der Waals surface area (Å²) in [7, 11) is 0. The zero-order valence-electron chi connectivity index (χ0n) is 9.89. The summed E-state index contributed by atoms with van der Waals surface area (Å²) in [6.07, 6.45) is 0. The number of benzene rings is 2. The van der Waals surface area contributed by atoms with Crippen LogP contribution >= 0.6 is 22.9 Å². The summed E-state index contributed by atoms with van der Waals surface area (Å²) in [5, 5.41) is 1.86. The van der Waals surface area contributed by atoms with Crippen molar-refractivity contribution in [3.63, 3.8) is 0 Å². The van der Waals surface area contributed by atoms with Gasteiger partial charge in [0, 0.05) is 15.6 Å². The zero-order chi connectivity index (χ0) is 13.4. The molecule has 2 nitrogen and oxygen atoms in total. The molecular formula is C15H10ClNOS. The molecule has 2 N–H and O–H groups in total. The van der Waals surface area contributed by atoms with Crippen molar-refractivity contribution in [1.82, 2.24) is 0 Å². The van der Waals surface area contributed by atoms with Crippen LogP contribution in [0.15, 0.2) is 48.5 Å². The van der Waals surface area contributed by atoms with Crippen molar-refractivity contribution in [2.24, 2.45) is 0 Å². The number of fused-ring (bicyclic) bond motifs is 1. The van der Waals surface area contributed by atoms with E-state index in [9.17, 15) is 4.79 Å². The molecule has 0 aliphatic heterocycles. The second-order valence-corrected chi connectivity index (χ2v) is 5.64. The van der Waals surface area contributed by atoms with Gasteiger partial charge in [-0.1, -0.05) is 41.9 Å². The Bertz CT molecular complexity index is 779. The van der Waals surface area contributed by atoms with Crippen LogP contribution in [0.5, 0.6) is 0 Å². The Morgan fingerprint density at radius 2 is 1.74 bits per heavy atom. The van der Waals surface area contributed by atoms with Gasteiger partial charge in [-0.05, 0) is 18.2 Å². The lowest BCUT2D eigenvalue weighted by Crippen LogP contribution is -2.03. The molecule has 3 aromatic rings. The Hall–Kier alpha value is -1.84. The predicted molar refractivity (Wildman–Crippen MR) is 81.1 cm³/mol. The lowest BCUT2D eigenvalue weighted by Gasteiger charge is -2.03. The minimum absolute atomic E-state index is 0.124. The molecule has 3 rings (SSSR count). The zero-order valence-corrected chi connectivity index (χ0v) is 11.5. The van der Waals surface area contributed by atoms with E-state index in [4.69, 9.17) is 17.3 Å². The van der Waals surface area contributed by atoms with Crippen molar-refractivity contribution in [2.45, 2.75) is 0 Å². The molecule has 0 bridgehead atoms. The Morgan fingerprint density at radius 3 is 2.53 bits per heavy atom. The van der Waals surface area contributed by atoms with E-state index in [2.05, 4.69) is 0 Å². The van der Waals surface area contributed by atoms with Gasteiger partial charge in [-0.15, -0.1) is 11.3 Å². The highest BCUT2D eigenvalue weighted by molar-refractivity contribution is 7.23. The minimum Gasteiger partial charge on any atom is -0.390 e. The maximum Gasteiger partial charge on any atom is 0.198 e. The van der Waals surface area contributed by atoms with Crippen LogP contribution in [0.4, 0.5) is 5.00 Å². The lowest BCUT2D eigenvalue weighted by atomic mass is 10.0. The van der Waals surface area contributed by atoms with E-state index < -0.39 is 0 Å². The molecule has 0 saturated carbocycles.